The number of hydrogen-bond donors (Lipinski definition) is 2. The summed E-state index contributed by atoms with van der Waals surface area (Å²) >= 11 is 0. The Morgan fingerprint density at radius 3 is 2.58 bits per heavy atom. The van der Waals surface area contributed by atoms with Gasteiger partial charge in [0.25, 0.3) is 0 Å². The molecule has 2 N–H and O–H groups in total. The maximum Gasteiger partial charge on any atom is 0.156 e. The Labute approximate surface area is 197 Å². The van der Waals surface area contributed by atoms with Crippen molar-refractivity contribution in [1.29, 1.82) is 0 Å². The molecule has 1 aromatic rings. The third-order valence-electron chi connectivity index (χ3n) is 9.26. The number of nitrogens with zero attached hydrogens (tertiary/aromatic N) is 1. The van der Waals surface area contributed by atoms with Crippen LogP contribution in [0, 0.1) is 17.3 Å². The van der Waals surface area contributed by atoms with Gasteiger partial charge in [0.15, 0.2) is 5.78 Å². The van der Waals surface area contributed by atoms with Crippen molar-refractivity contribution < 1.29 is 15.0 Å². The molecule has 4 heteroatoms. The molecule has 33 heavy (non-hydrogen) atoms. The van der Waals surface area contributed by atoms with Gasteiger partial charge in [-0.15, -0.1) is 0 Å². The van der Waals surface area contributed by atoms with Crippen molar-refractivity contribution in [2.24, 2.45) is 17.3 Å². The number of anilines is 1. The molecule has 0 aliphatic heterocycles. The number of benzene rings is 1. The van der Waals surface area contributed by atoms with Gasteiger partial charge in [-0.2, -0.15) is 0 Å². The maximum absolute atomic E-state index is 12.2. The lowest BCUT2D eigenvalue weighted by molar-refractivity contribution is -0.114. The molecule has 4 aliphatic carbocycles. The SMILES string of the molecule is CN(C)c1ccc(C2C[C@@]3(C)C(CC[C@@]3(O)/C=C\CO)C3CCC4=CC(=O)CCC4=C23)cc1. The average Bonchev–Trinajstić information content (AvgIpc) is 3.07. The van der Waals surface area contributed by atoms with Crippen LogP contribution < -0.4 is 4.90 Å². The lowest BCUT2D eigenvalue weighted by Gasteiger charge is -2.54. The Bertz CT molecular complexity index is 1030. The molecule has 5 atom stereocenters. The van der Waals surface area contributed by atoms with Crippen LogP contribution in [0.5, 0.6) is 0 Å². The van der Waals surface area contributed by atoms with Gasteiger partial charge >= 0.3 is 0 Å². The normalized spacial score (nSPS) is 35.8. The minimum Gasteiger partial charge on any atom is -0.392 e. The van der Waals surface area contributed by atoms with E-state index in [-0.39, 0.29) is 23.7 Å². The van der Waals surface area contributed by atoms with Crippen LogP contribution in [0.15, 0.2) is 59.2 Å². The highest BCUT2D eigenvalue weighted by molar-refractivity contribution is 5.93. The van der Waals surface area contributed by atoms with E-state index in [2.05, 4.69) is 50.2 Å². The van der Waals surface area contributed by atoms with E-state index in [0.717, 1.165) is 38.5 Å². The number of fused-ring (bicyclic) bond motifs is 4. The number of aliphatic hydroxyl groups excluding tert-OH is 1. The zero-order valence-corrected chi connectivity index (χ0v) is 20.2. The minimum atomic E-state index is -0.892. The van der Waals surface area contributed by atoms with Gasteiger partial charge in [0.1, 0.15) is 0 Å². The standard InChI is InChI=1S/C29H37NO3/c1-28-18-25(19-5-8-21(9-6-19)30(2)3)27-23-12-10-22(32)17-20(23)7-11-24(27)26(28)13-15-29(28,33)14-4-16-31/h4-6,8-9,14,17,24-26,31,33H,7,10-13,15-16,18H2,1-3H3/b14-4-/t24?,25?,26?,28-,29-/m0/s1. The Morgan fingerprint density at radius 1 is 1.12 bits per heavy atom. The molecule has 1 aromatic carbocycles. The molecule has 0 spiro atoms. The van der Waals surface area contributed by atoms with E-state index >= 15 is 0 Å². The molecule has 4 nitrogen and oxygen atoms in total. The van der Waals surface area contributed by atoms with Gasteiger partial charge in [-0.1, -0.05) is 36.8 Å². The summed E-state index contributed by atoms with van der Waals surface area (Å²) < 4.78 is 0. The van der Waals surface area contributed by atoms with Crippen LogP contribution in [0.25, 0.3) is 0 Å². The highest BCUT2D eigenvalue weighted by Gasteiger charge is 2.61. The molecule has 0 bridgehead atoms. The lowest BCUT2D eigenvalue weighted by Crippen LogP contribution is -2.50. The second-order valence-electron chi connectivity index (χ2n) is 11.0. The average molecular weight is 448 g/mol. The molecule has 0 radical (unpaired) electrons. The monoisotopic (exact) mass is 447 g/mol. The van der Waals surface area contributed by atoms with Crippen LogP contribution in [0.3, 0.4) is 0 Å². The lowest BCUT2D eigenvalue weighted by atomic mass is 9.51. The van der Waals surface area contributed by atoms with Gasteiger partial charge in [-0.25, -0.2) is 0 Å². The number of rotatable bonds is 4. The Kier molecular flexibility index (Phi) is 5.65. The summed E-state index contributed by atoms with van der Waals surface area (Å²) in [6.45, 7) is 2.24. The first kappa shape index (κ1) is 22.6. The summed E-state index contributed by atoms with van der Waals surface area (Å²) in [5.74, 6) is 1.38. The molecule has 0 saturated heterocycles. The summed E-state index contributed by atoms with van der Waals surface area (Å²) in [5.41, 5.74) is 5.62. The van der Waals surface area contributed by atoms with E-state index in [9.17, 15) is 15.0 Å². The molecule has 0 amide bonds. The molecule has 2 fully saturated rings. The molecule has 0 aromatic heterocycles. The van der Waals surface area contributed by atoms with E-state index < -0.39 is 5.60 Å². The summed E-state index contributed by atoms with van der Waals surface area (Å²) in [5, 5.41) is 21.3. The topological polar surface area (TPSA) is 60.8 Å². The van der Waals surface area contributed by atoms with Crippen LogP contribution in [0.1, 0.15) is 63.4 Å². The van der Waals surface area contributed by atoms with Crippen LogP contribution in [0.2, 0.25) is 0 Å². The van der Waals surface area contributed by atoms with Crippen molar-refractivity contribution in [1.82, 2.24) is 0 Å². The minimum absolute atomic E-state index is 0.0423. The van der Waals surface area contributed by atoms with Crippen molar-refractivity contribution in [3.8, 4) is 0 Å². The first-order chi connectivity index (χ1) is 15.8. The van der Waals surface area contributed by atoms with E-state index in [1.165, 1.54) is 22.4 Å². The highest BCUT2D eigenvalue weighted by atomic mass is 16.3. The van der Waals surface area contributed by atoms with E-state index in [4.69, 9.17) is 0 Å². The first-order valence-electron chi connectivity index (χ1n) is 12.5. The van der Waals surface area contributed by atoms with Gasteiger partial charge in [-0.3, -0.25) is 4.79 Å². The van der Waals surface area contributed by atoms with Crippen molar-refractivity contribution in [3.05, 3.63) is 64.8 Å². The number of allylic oxidation sites excluding steroid dienone is 4. The Morgan fingerprint density at radius 2 is 1.88 bits per heavy atom. The smallest absolute Gasteiger partial charge is 0.156 e. The van der Waals surface area contributed by atoms with Gasteiger partial charge in [0, 0.05) is 37.5 Å². The van der Waals surface area contributed by atoms with E-state index in [1.807, 2.05) is 12.2 Å². The molecule has 2 saturated carbocycles. The molecule has 5 rings (SSSR count). The molecular weight excluding hydrogens is 410 g/mol. The zero-order chi connectivity index (χ0) is 23.4. The van der Waals surface area contributed by atoms with Crippen molar-refractivity contribution in [2.45, 2.75) is 63.4 Å². The Hall–Kier alpha value is -2.17. The molecule has 4 aliphatic rings. The number of aliphatic hydroxyl groups is 2. The van der Waals surface area contributed by atoms with Crippen LogP contribution in [-0.2, 0) is 4.79 Å². The Balaban J connectivity index is 1.65. The largest absolute Gasteiger partial charge is 0.392 e. The van der Waals surface area contributed by atoms with E-state index in [1.54, 1.807) is 11.6 Å². The van der Waals surface area contributed by atoms with Crippen LogP contribution in [0.4, 0.5) is 5.69 Å². The zero-order valence-electron chi connectivity index (χ0n) is 20.2. The quantitative estimate of drug-likeness (QED) is 0.643. The number of ketones is 1. The second-order valence-corrected chi connectivity index (χ2v) is 11.0. The maximum atomic E-state index is 12.2. The third kappa shape index (κ3) is 3.54. The predicted octanol–water partition coefficient (Wildman–Crippen LogP) is 4.93. The van der Waals surface area contributed by atoms with Gasteiger partial charge < -0.3 is 15.1 Å². The fraction of sp³-hybridized carbons (Fsp3) is 0.552. The third-order valence-corrected chi connectivity index (χ3v) is 9.26. The van der Waals surface area contributed by atoms with E-state index in [0.29, 0.717) is 18.3 Å². The second kappa shape index (κ2) is 8.25. The summed E-state index contributed by atoms with van der Waals surface area (Å²) in [4.78, 5) is 14.3. The van der Waals surface area contributed by atoms with Crippen LogP contribution >= 0.6 is 0 Å². The van der Waals surface area contributed by atoms with Crippen molar-refractivity contribution >= 4 is 11.5 Å². The molecule has 176 valence electrons. The summed E-state index contributed by atoms with van der Waals surface area (Å²) in [6.07, 6.45) is 11.7. The first-order valence-corrected chi connectivity index (χ1v) is 12.5. The summed E-state index contributed by atoms with van der Waals surface area (Å²) in [6, 6.07) is 8.91. The number of carbonyl (C=O) groups excluding carboxylic acids is 1. The van der Waals surface area contributed by atoms with Gasteiger partial charge in [0.2, 0.25) is 0 Å². The highest BCUT2D eigenvalue weighted by Crippen LogP contribution is 2.67. The molecule has 0 heterocycles. The predicted molar refractivity (Wildman–Crippen MR) is 132 cm³/mol. The number of hydrogen-bond acceptors (Lipinski definition) is 4. The molecular formula is C29H37NO3. The van der Waals surface area contributed by atoms with Crippen molar-refractivity contribution in [2.75, 3.05) is 25.6 Å². The fourth-order valence-electron chi connectivity index (χ4n) is 7.52. The molecule has 3 unspecified atom stereocenters. The fourth-order valence-corrected chi connectivity index (χ4v) is 7.52. The van der Waals surface area contributed by atoms with Crippen LogP contribution in [-0.4, -0.2) is 42.3 Å². The number of carbonyl (C=O) groups is 1. The van der Waals surface area contributed by atoms with Gasteiger partial charge in [0.05, 0.1) is 12.2 Å². The summed E-state index contributed by atoms with van der Waals surface area (Å²) in [7, 11) is 4.12. The van der Waals surface area contributed by atoms with Crippen molar-refractivity contribution in [3.63, 3.8) is 0 Å². The van der Waals surface area contributed by atoms with Gasteiger partial charge in [-0.05, 0) is 85.3 Å².